The van der Waals surface area contributed by atoms with Crippen molar-refractivity contribution in [2.24, 2.45) is 0 Å². The molecule has 2 nitrogen and oxygen atoms in total. The van der Waals surface area contributed by atoms with Gasteiger partial charge < -0.3 is 0 Å². The zero-order chi connectivity index (χ0) is 7.56. The number of rotatable bonds is 2. The van der Waals surface area contributed by atoms with E-state index in [0.717, 1.165) is 9.26 Å². The minimum atomic E-state index is -0.350. The van der Waals surface area contributed by atoms with Gasteiger partial charge in [0.2, 0.25) is 0 Å². The van der Waals surface area contributed by atoms with Crippen LogP contribution in [0.5, 0.6) is 0 Å². The molecule has 0 N–H and O–H groups in total. The monoisotopic (exact) mass is 254 g/mol. The van der Waals surface area contributed by atoms with Gasteiger partial charge in [0.1, 0.15) is 6.67 Å². The fourth-order valence-electron chi connectivity index (χ4n) is 0.695. The highest BCUT2D eigenvalue weighted by Crippen LogP contribution is 2.07. The number of hydrogen-bond acceptors (Lipinski definition) is 1. The van der Waals surface area contributed by atoms with E-state index in [4.69, 9.17) is 0 Å². The average molecular weight is 254 g/mol. The number of alkyl halides is 1. The molecule has 0 fully saturated rings. The quantitative estimate of drug-likeness (QED) is 0.735. The Morgan fingerprint density at radius 2 is 2.50 bits per heavy atom. The van der Waals surface area contributed by atoms with Crippen molar-refractivity contribution < 1.29 is 4.39 Å². The number of aryl methyl sites for hydroxylation is 2. The molecule has 10 heavy (non-hydrogen) atoms. The third-order valence-corrected chi connectivity index (χ3v) is 2.26. The van der Waals surface area contributed by atoms with Crippen molar-refractivity contribution in [3.8, 4) is 0 Å². The summed E-state index contributed by atoms with van der Waals surface area (Å²) in [7, 11) is 0. The summed E-state index contributed by atoms with van der Waals surface area (Å²) in [5, 5.41) is 4.07. The Balaban J connectivity index is 2.77. The molecule has 0 atom stereocenters. The first-order valence-electron chi connectivity index (χ1n) is 2.99. The molecule has 0 amide bonds. The first kappa shape index (κ1) is 7.97. The fourth-order valence-corrected chi connectivity index (χ4v) is 1.12. The van der Waals surface area contributed by atoms with E-state index < -0.39 is 0 Å². The van der Waals surface area contributed by atoms with Crippen LogP contribution in [0.2, 0.25) is 0 Å². The van der Waals surface area contributed by atoms with Crippen molar-refractivity contribution >= 4 is 22.6 Å². The molecule has 0 aromatic carbocycles. The van der Waals surface area contributed by atoms with Crippen molar-refractivity contribution in [3.63, 3.8) is 0 Å². The number of nitrogens with zero attached hydrogens (tertiary/aromatic N) is 2. The van der Waals surface area contributed by atoms with Crippen molar-refractivity contribution in [3.05, 3.63) is 15.5 Å². The van der Waals surface area contributed by atoms with Crippen LogP contribution >= 0.6 is 22.6 Å². The second kappa shape index (κ2) is 3.32. The number of halogens is 2. The Morgan fingerprint density at radius 3 is 2.90 bits per heavy atom. The molecule has 0 aliphatic carbocycles. The topological polar surface area (TPSA) is 17.8 Å². The Labute approximate surface area is 72.6 Å². The Morgan fingerprint density at radius 1 is 1.80 bits per heavy atom. The predicted molar refractivity (Wildman–Crippen MR) is 45.7 cm³/mol. The van der Waals surface area contributed by atoms with Crippen molar-refractivity contribution in [2.75, 3.05) is 6.67 Å². The van der Waals surface area contributed by atoms with Crippen LogP contribution in [0.4, 0.5) is 4.39 Å². The van der Waals surface area contributed by atoms with Gasteiger partial charge in [-0.05, 0) is 29.5 Å². The first-order valence-corrected chi connectivity index (χ1v) is 4.07. The zero-order valence-electron chi connectivity index (χ0n) is 5.64. The van der Waals surface area contributed by atoms with Gasteiger partial charge in [0, 0.05) is 6.20 Å². The summed E-state index contributed by atoms with van der Waals surface area (Å²) in [6.07, 6.45) is 1.84. The highest BCUT2D eigenvalue weighted by Gasteiger charge is 1.99. The number of hydrogen-bond donors (Lipinski definition) is 0. The van der Waals surface area contributed by atoms with Gasteiger partial charge in [-0.1, -0.05) is 0 Å². The van der Waals surface area contributed by atoms with Crippen molar-refractivity contribution in [1.29, 1.82) is 0 Å². The first-order chi connectivity index (χ1) is 4.74. The van der Waals surface area contributed by atoms with E-state index in [1.165, 1.54) is 0 Å². The molecule has 0 saturated carbocycles. The normalized spacial score (nSPS) is 10.3. The lowest BCUT2D eigenvalue weighted by atomic mass is 10.5. The molecule has 56 valence electrons. The van der Waals surface area contributed by atoms with Crippen LogP contribution in [0.1, 0.15) is 5.69 Å². The molecule has 1 aromatic rings. The average Bonchev–Trinajstić information content (AvgIpc) is 2.14. The molecule has 0 aliphatic rings. The summed E-state index contributed by atoms with van der Waals surface area (Å²) in [4.78, 5) is 0. The second-order valence-electron chi connectivity index (χ2n) is 2.01. The molecule has 1 aromatic heterocycles. The molecular formula is C6H8FIN2. The third kappa shape index (κ3) is 1.68. The molecule has 4 heteroatoms. The third-order valence-electron chi connectivity index (χ3n) is 1.20. The minimum Gasteiger partial charge on any atom is -0.269 e. The molecule has 0 saturated heterocycles. The lowest BCUT2D eigenvalue weighted by Crippen LogP contribution is -1.99. The van der Waals surface area contributed by atoms with Gasteiger partial charge in [-0.3, -0.25) is 4.68 Å². The predicted octanol–water partition coefficient (Wildman–Crippen LogP) is 1.77. The Bertz CT molecular complexity index is 202. The van der Waals surface area contributed by atoms with E-state index in [2.05, 4.69) is 27.7 Å². The molecule has 0 bridgehead atoms. The van der Waals surface area contributed by atoms with E-state index in [9.17, 15) is 4.39 Å². The van der Waals surface area contributed by atoms with Crippen LogP contribution in [-0.4, -0.2) is 16.5 Å². The van der Waals surface area contributed by atoms with E-state index in [1.807, 2.05) is 13.1 Å². The van der Waals surface area contributed by atoms with Crippen LogP contribution in [0.3, 0.4) is 0 Å². The summed E-state index contributed by atoms with van der Waals surface area (Å²) in [5.41, 5.74) is 0.967. The molecule has 0 radical (unpaired) electrons. The summed E-state index contributed by atoms with van der Waals surface area (Å²) in [6, 6.07) is 0. The number of aromatic nitrogens is 2. The van der Waals surface area contributed by atoms with Crippen LogP contribution in [0.15, 0.2) is 6.20 Å². The van der Waals surface area contributed by atoms with Crippen LogP contribution in [-0.2, 0) is 6.54 Å². The zero-order valence-corrected chi connectivity index (χ0v) is 7.80. The maximum absolute atomic E-state index is 11.8. The summed E-state index contributed by atoms with van der Waals surface area (Å²) < 4.78 is 14.5. The standard InChI is InChI=1S/C6H8FIN2/c1-5-6(8)4-10(9-5)3-2-7/h4H,2-3H2,1H3. The van der Waals surface area contributed by atoms with E-state index in [-0.39, 0.29) is 6.67 Å². The largest absolute Gasteiger partial charge is 0.269 e. The molecular weight excluding hydrogens is 246 g/mol. The molecule has 0 spiro atoms. The molecule has 0 aliphatic heterocycles. The SMILES string of the molecule is Cc1nn(CCF)cc1I. The van der Waals surface area contributed by atoms with Crippen LogP contribution in [0, 0.1) is 10.5 Å². The summed E-state index contributed by atoms with van der Waals surface area (Å²) in [5.74, 6) is 0. The fraction of sp³-hybridized carbons (Fsp3) is 0.500. The summed E-state index contributed by atoms with van der Waals surface area (Å²) >= 11 is 2.18. The maximum Gasteiger partial charge on any atom is 0.109 e. The van der Waals surface area contributed by atoms with Crippen LogP contribution in [0.25, 0.3) is 0 Å². The van der Waals surface area contributed by atoms with Crippen molar-refractivity contribution in [1.82, 2.24) is 9.78 Å². The van der Waals surface area contributed by atoms with Gasteiger partial charge in [0.05, 0.1) is 15.8 Å². The highest BCUT2D eigenvalue weighted by molar-refractivity contribution is 14.1. The minimum absolute atomic E-state index is 0.350. The van der Waals surface area contributed by atoms with Crippen LogP contribution < -0.4 is 0 Å². The highest BCUT2D eigenvalue weighted by atomic mass is 127. The smallest absolute Gasteiger partial charge is 0.109 e. The maximum atomic E-state index is 11.8. The molecule has 1 heterocycles. The van der Waals surface area contributed by atoms with Gasteiger partial charge in [0.15, 0.2) is 0 Å². The van der Waals surface area contributed by atoms with Crippen molar-refractivity contribution in [2.45, 2.75) is 13.5 Å². The Hall–Kier alpha value is -0.130. The van der Waals surface area contributed by atoms with Gasteiger partial charge in [-0.2, -0.15) is 5.10 Å². The van der Waals surface area contributed by atoms with Gasteiger partial charge in [0.25, 0.3) is 0 Å². The van der Waals surface area contributed by atoms with E-state index in [0.29, 0.717) is 6.54 Å². The lowest BCUT2D eigenvalue weighted by Gasteiger charge is -1.91. The Kier molecular flexibility index (Phi) is 2.64. The molecule has 1 rings (SSSR count). The lowest BCUT2D eigenvalue weighted by molar-refractivity contribution is 0.426. The molecule has 0 unspecified atom stereocenters. The second-order valence-corrected chi connectivity index (χ2v) is 3.18. The van der Waals surface area contributed by atoms with Gasteiger partial charge >= 0.3 is 0 Å². The van der Waals surface area contributed by atoms with E-state index in [1.54, 1.807) is 4.68 Å². The van der Waals surface area contributed by atoms with Gasteiger partial charge in [-0.25, -0.2) is 4.39 Å². The summed E-state index contributed by atoms with van der Waals surface area (Å²) in [6.45, 7) is 1.93. The van der Waals surface area contributed by atoms with E-state index >= 15 is 0 Å². The van der Waals surface area contributed by atoms with Gasteiger partial charge in [-0.15, -0.1) is 0 Å².